The van der Waals surface area contributed by atoms with Crippen molar-refractivity contribution < 1.29 is 27.5 Å². The van der Waals surface area contributed by atoms with Crippen LogP contribution in [0.1, 0.15) is 12.5 Å². The van der Waals surface area contributed by atoms with Gasteiger partial charge in [0.25, 0.3) is 5.91 Å². The summed E-state index contributed by atoms with van der Waals surface area (Å²) in [6.45, 7) is 2.74. The third-order valence-corrected chi connectivity index (χ3v) is 6.81. The number of carbonyl (C=O) groups excluding carboxylic acids is 2. The molecular formula is C22H23N3O6S2. The average molecular weight is 490 g/mol. The summed E-state index contributed by atoms with van der Waals surface area (Å²) in [6, 6.07) is 12.3. The van der Waals surface area contributed by atoms with Gasteiger partial charge in [-0.3, -0.25) is 14.9 Å². The number of nitrogens with zero attached hydrogens (tertiary/aromatic N) is 1. The van der Waals surface area contributed by atoms with Crippen molar-refractivity contribution in [3.8, 4) is 17.0 Å². The number of carbonyl (C=O) groups is 2. The van der Waals surface area contributed by atoms with Crippen LogP contribution in [0.5, 0.6) is 5.75 Å². The van der Waals surface area contributed by atoms with E-state index in [9.17, 15) is 18.0 Å². The molecular weight excluding hydrogens is 466 g/mol. The maximum absolute atomic E-state index is 12.4. The van der Waals surface area contributed by atoms with Crippen molar-refractivity contribution >= 4 is 38.4 Å². The lowest BCUT2D eigenvalue weighted by atomic mass is 10.1. The SMILES string of the molecule is COc1ccc(S(=O)(=O)N[C@@H](C)C(=O)OCC(=O)Nc2nc(-c3ccc(C)cc3)cs2)cc1. The molecule has 1 atom stereocenters. The van der Waals surface area contributed by atoms with Crippen LogP contribution in [-0.4, -0.2) is 45.0 Å². The van der Waals surface area contributed by atoms with Gasteiger partial charge in [-0.2, -0.15) is 4.72 Å². The second-order valence-corrected chi connectivity index (χ2v) is 9.65. The van der Waals surface area contributed by atoms with Crippen LogP contribution < -0.4 is 14.8 Å². The monoisotopic (exact) mass is 489 g/mol. The normalized spacial score (nSPS) is 12.1. The van der Waals surface area contributed by atoms with Gasteiger partial charge in [-0.25, -0.2) is 13.4 Å². The van der Waals surface area contributed by atoms with Gasteiger partial charge in [0.05, 0.1) is 17.7 Å². The molecule has 0 aliphatic rings. The minimum Gasteiger partial charge on any atom is -0.497 e. The lowest BCUT2D eigenvalue weighted by Crippen LogP contribution is -2.40. The highest BCUT2D eigenvalue weighted by atomic mass is 32.2. The van der Waals surface area contributed by atoms with Gasteiger partial charge >= 0.3 is 5.97 Å². The quantitative estimate of drug-likeness (QED) is 0.443. The van der Waals surface area contributed by atoms with Crippen molar-refractivity contribution in [3.05, 3.63) is 59.5 Å². The Kier molecular flexibility index (Phi) is 7.79. The number of hydrogen-bond donors (Lipinski definition) is 2. The number of hydrogen-bond acceptors (Lipinski definition) is 8. The van der Waals surface area contributed by atoms with Crippen molar-refractivity contribution in [2.24, 2.45) is 0 Å². The summed E-state index contributed by atoms with van der Waals surface area (Å²) in [5.74, 6) is -0.973. The minimum atomic E-state index is -3.96. The lowest BCUT2D eigenvalue weighted by molar-refractivity contribution is -0.148. The molecule has 0 unspecified atom stereocenters. The predicted octanol–water partition coefficient (Wildman–Crippen LogP) is 2.98. The van der Waals surface area contributed by atoms with Gasteiger partial charge in [0.2, 0.25) is 10.0 Å². The predicted molar refractivity (Wildman–Crippen MR) is 125 cm³/mol. The van der Waals surface area contributed by atoms with E-state index in [1.165, 1.54) is 49.6 Å². The number of esters is 1. The number of sulfonamides is 1. The van der Waals surface area contributed by atoms with Crippen molar-refractivity contribution in [1.29, 1.82) is 0 Å². The highest BCUT2D eigenvalue weighted by Gasteiger charge is 2.24. The Labute approximate surface area is 195 Å². The van der Waals surface area contributed by atoms with Gasteiger partial charge in [0.15, 0.2) is 11.7 Å². The molecule has 2 N–H and O–H groups in total. The number of rotatable bonds is 9. The molecule has 0 bridgehead atoms. The van der Waals surface area contributed by atoms with Gasteiger partial charge in [0.1, 0.15) is 11.8 Å². The lowest BCUT2D eigenvalue weighted by Gasteiger charge is -2.13. The Hall–Kier alpha value is -3.28. The van der Waals surface area contributed by atoms with E-state index in [0.717, 1.165) is 11.1 Å². The first kappa shape index (κ1) is 24.4. The summed E-state index contributed by atoms with van der Waals surface area (Å²) in [6.07, 6.45) is 0. The summed E-state index contributed by atoms with van der Waals surface area (Å²) in [5.41, 5.74) is 2.76. The number of ether oxygens (including phenoxy) is 2. The van der Waals surface area contributed by atoms with E-state index < -0.39 is 34.5 Å². The molecule has 0 aliphatic heterocycles. The van der Waals surface area contributed by atoms with E-state index in [2.05, 4.69) is 15.0 Å². The Bertz CT molecular complexity index is 1220. The first-order valence-electron chi connectivity index (χ1n) is 9.83. The summed E-state index contributed by atoms with van der Waals surface area (Å²) in [4.78, 5) is 28.6. The fraction of sp³-hybridized carbons (Fsp3) is 0.227. The van der Waals surface area contributed by atoms with E-state index in [1.54, 1.807) is 0 Å². The molecule has 2 aromatic carbocycles. The van der Waals surface area contributed by atoms with E-state index in [4.69, 9.17) is 9.47 Å². The van der Waals surface area contributed by atoms with Gasteiger partial charge in [0, 0.05) is 10.9 Å². The number of amides is 1. The third-order valence-electron chi connectivity index (χ3n) is 4.50. The van der Waals surface area contributed by atoms with Crippen molar-refractivity contribution in [2.75, 3.05) is 19.0 Å². The summed E-state index contributed by atoms with van der Waals surface area (Å²) in [7, 11) is -2.49. The summed E-state index contributed by atoms with van der Waals surface area (Å²) < 4.78 is 37.0. The average Bonchev–Trinajstić information content (AvgIpc) is 3.26. The number of anilines is 1. The molecule has 0 saturated heterocycles. The number of aromatic nitrogens is 1. The molecule has 174 valence electrons. The van der Waals surface area contributed by atoms with Crippen LogP contribution in [0.3, 0.4) is 0 Å². The molecule has 33 heavy (non-hydrogen) atoms. The van der Waals surface area contributed by atoms with Crippen molar-refractivity contribution in [3.63, 3.8) is 0 Å². The fourth-order valence-corrected chi connectivity index (χ4v) is 4.64. The Morgan fingerprint density at radius 1 is 1.09 bits per heavy atom. The number of nitrogens with one attached hydrogen (secondary N) is 2. The highest BCUT2D eigenvalue weighted by molar-refractivity contribution is 7.89. The van der Waals surface area contributed by atoms with E-state index in [-0.39, 0.29) is 4.90 Å². The molecule has 3 aromatic rings. The number of methoxy groups -OCH3 is 1. The number of aryl methyl sites for hydroxylation is 1. The molecule has 1 heterocycles. The molecule has 0 spiro atoms. The second kappa shape index (κ2) is 10.6. The minimum absolute atomic E-state index is 0.0335. The van der Waals surface area contributed by atoms with Crippen LogP contribution in [0.25, 0.3) is 11.3 Å². The molecule has 1 aromatic heterocycles. The smallest absolute Gasteiger partial charge is 0.324 e. The van der Waals surface area contributed by atoms with Crippen LogP contribution in [0.15, 0.2) is 58.8 Å². The van der Waals surface area contributed by atoms with Crippen LogP contribution in [0, 0.1) is 6.92 Å². The van der Waals surface area contributed by atoms with Crippen LogP contribution in [0.2, 0.25) is 0 Å². The highest BCUT2D eigenvalue weighted by Crippen LogP contribution is 2.25. The fourth-order valence-electron chi connectivity index (χ4n) is 2.71. The topological polar surface area (TPSA) is 124 Å². The maximum Gasteiger partial charge on any atom is 0.324 e. The molecule has 3 rings (SSSR count). The van der Waals surface area contributed by atoms with Gasteiger partial charge < -0.3 is 9.47 Å². The van der Waals surface area contributed by atoms with Crippen LogP contribution >= 0.6 is 11.3 Å². The number of thiazole rings is 1. The zero-order chi connectivity index (χ0) is 24.0. The van der Waals surface area contributed by atoms with Gasteiger partial charge in [-0.05, 0) is 38.1 Å². The third kappa shape index (κ3) is 6.60. The molecule has 0 saturated carbocycles. The first-order chi connectivity index (χ1) is 15.7. The Morgan fingerprint density at radius 3 is 2.39 bits per heavy atom. The maximum atomic E-state index is 12.4. The largest absolute Gasteiger partial charge is 0.497 e. The first-order valence-corrected chi connectivity index (χ1v) is 12.2. The number of benzene rings is 2. The van der Waals surface area contributed by atoms with Gasteiger partial charge in [-0.1, -0.05) is 29.8 Å². The van der Waals surface area contributed by atoms with Crippen LogP contribution in [0.4, 0.5) is 5.13 Å². The van der Waals surface area contributed by atoms with E-state index in [0.29, 0.717) is 16.6 Å². The Morgan fingerprint density at radius 2 is 1.76 bits per heavy atom. The van der Waals surface area contributed by atoms with E-state index >= 15 is 0 Å². The van der Waals surface area contributed by atoms with E-state index in [1.807, 2.05) is 36.6 Å². The summed E-state index contributed by atoms with van der Waals surface area (Å²) >= 11 is 1.24. The zero-order valence-corrected chi connectivity index (χ0v) is 19.8. The molecule has 1 amide bonds. The van der Waals surface area contributed by atoms with Crippen LogP contribution in [-0.2, 0) is 24.3 Å². The summed E-state index contributed by atoms with van der Waals surface area (Å²) in [5, 5.41) is 4.73. The Balaban J connectivity index is 1.50. The van der Waals surface area contributed by atoms with Crippen molar-refractivity contribution in [1.82, 2.24) is 9.71 Å². The second-order valence-electron chi connectivity index (χ2n) is 7.08. The molecule has 0 fully saturated rings. The van der Waals surface area contributed by atoms with Crippen molar-refractivity contribution in [2.45, 2.75) is 24.8 Å². The molecule has 11 heteroatoms. The zero-order valence-electron chi connectivity index (χ0n) is 18.2. The molecule has 9 nitrogen and oxygen atoms in total. The molecule has 0 radical (unpaired) electrons. The standard InChI is InChI=1S/C22H23N3O6S2/c1-14-4-6-16(7-5-14)19-13-32-22(23-19)24-20(26)12-31-21(27)15(2)25-33(28,29)18-10-8-17(30-3)9-11-18/h4-11,13,15,25H,12H2,1-3H3,(H,23,24,26)/t15-/m0/s1. The van der Waals surface area contributed by atoms with Gasteiger partial charge in [-0.15, -0.1) is 11.3 Å². The molecule has 0 aliphatic carbocycles.